The molecular weight excluding hydrogens is 607 g/mol. The molecule has 3 aliphatic heterocycles. The molecule has 2 aromatic heterocycles. The third kappa shape index (κ3) is 3.35. The summed E-state index contributed by atoms with van der Waals surface area (Å²) in [5.74, 6) is 0. The van der Waals surface area contributed by atoms with Crippen LogP contribution in [-0.2, 0) is 21.7 Å². The van der Waals surface area contributed by atoms with Gasteiger partial charge in [0, 0.05) is 35.4 Å². The van der Waals surface area contributed by atoms with Gasteiger partial charge in [-0.3, -0.25) is 0 Å². The highest BCUT2D eigenvalue weighted by Crippen LogP contribution is 2.68. The monoisotopic (exact) mass is 652 g/mol. The molecule has 50 heavy (non-hydrogen) atoms. The number of benzene rings is 4. The van der Waals surface area contributed by atoms with Crippen LogP contribution in [0, 0.1) is 0 Å². The predicted octanol–water partition coefficient (Wildman–Crippen LogP) is 10.4. The van der Waals surface area contributed by atoms with E-state index < -0.39 is 5.41 Å². The molecule has 2 spiro atoms. The van der Waals surface area contributed by atoms with Crippen molar-refractivity contribution in [2.24, 2.45) is 0 Å². The number of hydrogen-bond donors (Lipinski definition) is 0. The van der Waals surface area contributed by atoms with Gasteiger partial charge in [0.25, 0.3) is 22.8 Å². The minimum absolute atomic E-state index is 0.0130. The Balaban J connectivity index is 1.52. The molecule has 4 aliphatic rings. The van der Waals surface area contributed by atoms with E-state index in [0.29, 0.717) is 4.70 Å². The van der Waals surface area contributed by atoms with Crippen molar-refractivity contribution < 1.29 is 9.35 Å². The topological polar surface area (TPSA) is 7.76 Å². The fourth-order valence-corrected chi connectivity index (χ4v) is 9.69. The van der Waals surface area contributed by atoms with Gasteiger partial charge in [0.1, 0.15) is 11.1 Å². The highest BCUT2D eigenvalue weighted by molar-refractivity contribution is 5.99. The van der Waals surface area contributed by atoms with E-state index in [1.54, 1.807) is 0 Å². The second kappa shape index (κ2) is 9.08. The maximum absolute atomic E-state index is 2.60. The molecule has 4 aromatic carbocycles. The lowest BCUT2D eigenvalue weighted by molar-refractivity contribution is -1.02. The summed E-state index contributed by atoms with van der Waals surface area (Å²) in [6.07, 6.45) is 4.70. The van der Waals surface area contributed by atoms with Gasteiger partial charge < -0.3 is 0 Å². The fourth-order valence-electron chi connectivity index (χ4n) is 9.69. The molecule has 0 fully saturated rings. The van der Waals surface area contributed by atoms with Crippen molar-refractivity contribution in [3.05, 3.63) is 154 Å². The smallest absolute Gasteiger partial charge is 0.0619 e. The Hall–Kier alpha value is -4.86. The summed E-state index contributed by atoms with van der Waals surface area (Å²) in [6, 6.07) is 40.3. The minimum atomic E-state index is -0.496. The molecule has 3 heteroatoms. The van der Waals surface area contributed by atoms with Crippen molar-refractivity contribution in [2.45, 2.75) is 84.0 Å². The quantitative estimate of drug-likeness (QED) is 0.114. The van der Waals surface area contributed by atoms with Crippen molar-refractivity contribution in [3.8, 4) is 33.6 Å². The van der Waals surface area contributed by atoms with Crippen LogP contribution in [0.1, 0.15) is 101 Å². The Bertz CT molecular complexity index is 2450. The molecule has 0 saturated carbocycles. The first-order valence-electron chi connectivity index (χ1n) is 18.3. The van der Waals surface area contributed by atoms with Gasteiger partial charge in [0.15, 0.2) is 4.70 Å². The summed E-state index contributed by atoms with van der Waals surface area (Å²) in [5, 5.41) is 0. The minimum Gasteiger partial charge on any atom is -0.0619 e. The van der Waals surface area contributed by atoms with E-state index >= 15 is 0 Å². The zero-order chi connectivity index (χ0) is 34.7. The average molecular weight is 653 g/mol. The van der Waals surface area contributed by atoms with E-state index in [1.807, 2.05) is 0 Å². The number of quaternary nitrogens is 1. The molecule has 1 aliphatic carbocycles. The number of aromatic nitrogens is 2. The molecule has 3 nitrogen and oxygen atoms in total. The van der Waals surface area contributed by atoms with Crippen molar-refractivity contribution in [1.29, 1.82) is 0 Å². The molecule has 1 atom stereocenters. The molecule has 0 N–H and O–H groups in total. The third-order valence-electron chi connectivity index (χ3n) is 12.2. The number of nitrogens with zero attached hydrogens (tertiary/aromatic N) is 3. The second-order valence-electron chi connectivity index (χ2n) is 18.1. The molecule has 5 heterocycles. The number of rotatable bonds is 0. The summed E-state index contributed by atoms with van der Waals surface area (Å²) in [7, 11) is 0. The lowest BCUT2D eigenvalue weighted by Crippen LogP contribution is -2.82. The third-order valence-corrected chi connectivity index (χ3v) is 12.2. The first kappa shape index (κ1) is 30.0. The summed E-state index contributed by atoms with van der Waals surface area (Å²) < 4.78 is 5.61. The SMILES string of the molecule is CC(C)(C)c1cc2c3c(c1)C1(c4ccccc4-c4ccccc41)c1cc(C(C)(C)C)cc4c1[N+]3([n+]1ccccc1-2)[n+]1ccc(C(C)(C)C)cc1-4. The van der Waals surface area contributed by atoms with Gasteiger partial charge in [0.2, 0.25) is 12.4 Å². The molecule has 0 saturated heterocycles. The standard InChI is InChI=1S/C47H46N3/c1-44(2,3)29-21-23-49-41(28-29)35-25-31(46(7,8)9)27-39-43(35)50(49)42-34(40-20-14-15-22-48(40)50)24-30(45(4,5)6)26-38(42)47(39)36-18-12-10-16-32(36)33-17-11-13-19-37(33)47/h10-28H,1-9H3/q+3. The highest BCUT2D eigenvalue weighted by Gasteiger charge is 2.76. The van der Waals surface area contributed by atoms with Crippen molar-refractivity contribution in [1.82, 2.24) is 4.70 Å². The number of fused-ring (bicyclic) bond motifs is 11. The lowest BCUT2D eigenvalue weighted by Gasteiger charge is -2.40. The van der Waals surface area contributed by atoms with Crippen LogP contribution in [0.2, 0.25) is 0 Å². The van der Waals surface area contributed by atoms with Gasteiger partial charge in [-0.25, -0.2) is 0 Å². The van der Waals surface area contributed by atoms with Gasteiger partial charge in [-0.15, -0.1) is 0 Å². The first-order chi connectivity index (χ1) is 23.7. The van der Waals surface area contributed by atoms with Crippen LogP contribution < -0.4 is 14.1 Å². The zero-order valence-electron chi connectivity index (χ0n) is 30.8. The van der Waals surface area contributed by atoms with Crippen LogP contribution in [0.25, 0.3) is 33.6 Å². The Morgan fingerprint density at radius 2 is 0.900 bits per heavy atom. The molecule has 1 unspecified atom stereocenters. The van der Waals surface area contributed by atoms with Gasteiger partial charge in [-0.1, -0.05) is 111 Å². The summed E-state index contributed by atoms with van der Waals surface area (Å²) in [6.45, 7) is 21.2. The lowest BCUT2D eigenvalue weighted by atomic mass is 9.62. The molecule has 0 amide bonds. The zero-order valence-corrected chi connectivity index (χ0v) is 30.8. The summed E-state index contributed by atoms with van der Waals surface area (Å²) in [4.78, 5) is 0. The average Bonchev–Trinajstić information content (AvgIpc) is 3.66. The van der Waals surface area contributed by atoms with Crippen molar-refractivity contribution in [3.63, 3.8) is 0 Å². The Labute approximate surface area is 296 Å². The molecule has 246 valence electrons. The van der Waals surface area contributed by atoms with E-state index in [2.05, 4.69) is 187 Å². The predicted molar refractivity (Wildman–Crippen MR) is 203 cm³/mol. The van der Waals surface area contributed by atoms with Crippen LogP contribution in [0.3, 0.4) is 0 Å². The normalized spacial score (nSPS) is 18.3. The maximum Gasteiger partial charge on any atom is 0.286 e. The first-order valence-corrected chi connectivity index (χ1v) is 18.3. The van der Waals surface area contributed by atoms with Crippen LogP contribution in [0.15, 0.2) is 116 Å². The van der Waals surface area contributed by atoms with E-state index in [-0.39, 0.29) is 16.2 Å². The van der Waals surface area contributed by atoms with Gasteiger partial charge in [-0.2, -0.15) is 0 Å². The van der Waals surface area contributed by atoms with E-state index in [9.17, 15) is 0 Å². The van der Waals surface area contributed by atoms with Gasteiger partial charge >= 0.3 is 0 Å². The fraction of sp³-hybridized carbons (Fsp3) is 0.277. The van der Waals surface area contributed by atoms with Crippen LogP contribution in [0.5, 0.6) is 0 Å². The molecular formula is C47H46N3+3. The maximum atomic E-state index is 2.60. The van der Waals surface area contributed by atoms with Gasteiger partial charge in [0.05, 0.1) is 14.8 Å². The summed E-state index contributed by atoms with van der Waals surface area (Å²) in [5.41, 5.74) is 19.7. The van der Waals surface area contributed by atoms with E-state index in [0.717, 1.165) is 0 Å². The number of pyridine rings is 2. The van der Waals surface area contributed by atoms with Gasteiger partial charge in [-0.05, 0) is 85.5 Å². The molecule has 6 aromatic rings. The second-order valence-corrected chi connectivity index (χ2v) is 18.1. The molecule has 10 rings (SSSR count). The Morgan fingerprint density at radius 1 is 0.420 bits per heavy atom. The largest absolute Gasteiger partial charge is 0.286 e. The van der Waals surface area contributed by atoms with Crippen LogP contribution in [-0.4, -0.2) is 0 Å². The van der Waals surface area contributed by atoms with Crippen molar-refractivity contribution >= 4 is 11.4 Å². The van der Waals surface area contributed by atoms with Crippen LogP contribution >= 0.6 is 0 Å². The van der Waals surface area contributed by atoms with Crippen LogP contribution in [0.4, 0.5) is 11.4 Å². The Morgan fingerprint density at radius 3 is 1.44 bits per heavy atom. The van der Waals surface area contributed by atoms with E-state index in [4.69, 9.17) is 0 Å². The van der Waals surface area contributed by atoms with E-state index in [1.165, 1.54) is 84.0 Å². The molecule has 0 bridgehead atoms. The molecule has 0 radical (unpaired) electrons. The van der Waals surface area contributed by atoms with Crippen molar-refractivity contribution in [2.75, 3.05) is 0 Å². The summed E-state index contributed by atoms with van der Waals surface area (Å²) >= 11 is 0. The number of hydrogen-bond acceptors (Lipinski definition) is 0. The highest BCUT2D eigenvalue weighted by atomic mass is 15.9. The Kier molecular flexibility index (Phi) is 5.45.